The van der Waals surface area contributed by atoms with Gasteiger partial charge in [0.25, 0.3) is 0 Å². The van der Waals surface area contributed by atoms with Crippen molar-refractivity contribution < 1.29 is 57.7 Å². The fourth-order valence-corrected chi connectivity index (χ4v) is 8.81. The van der Waals surface area contributed by atoms with E-state index in [4.69, 9.17) is 18.7 Å². The van der Waals surface area contributed by atoms with Crippen LogP contribution in [0, 0.1) is 0 Å². The summed E-state index contributed by atoms with van der Waals surface area (Å²) in [5.41, 5.74) is 0. The van der Waals surface area contributed by atoms with Gasteiger partial charge in [-0.25, -0.2) is 4.57 Å². The highest BCUT2D eigenvalue weighted by Crippen LogP contribution is 2.39. The van der Waals surface area contributed by atoms with Crippen LogP contribution in [0.3, 0.4) is 0 Å². The molecule has 0 saturated carbocycles. The molecule has 4 unspecified atom stereocenters. The zero-order valence-corrected chi connectivity index (χ0v) is 45.7. The molecule has 4 atom stereocenters. The molecule has 0 bridgehead atoms. The van der Waals surface area contributed by atoms with E-state index in [1.165, 1.54) is 38.5 Å². The first-order chi connectivity index (χ1) is 33.9. The molecule has 0 aromatic carbocycles. The second-order valence-corrected chi connectivity index (χ2v) is 20.8. The van der Waals surface area contributed by atoms with Gasteiger partial charge in [0.2, 0.25) is 0 Å². The molecule has 0 aliphatic rings. The van der Waals surface area contributed by atoms with E-state index < -0.39 is 26.0 Å². The van der Waals surface area contributed by atoms with Crippen molar-refractivity contribution in [3.05, 3.63) is 36.5 Å². The molecule has 0 saturated heterocycles. The average Bonchev–Trinajstić information content (AvgIpc) is 3.32. The summed E-state index contributed by atoms with van der Waals surface area (Å²) in [5, 5.41) is 20.3. The summed E-state index contributed by atoms with van der Waals surface area (Å²) in [6.45, 7) is 6.17. The van der Waals surface area contributed by atoms with E-state index in [0.29, 0.717) is 38.5 Å². The number of unbranched alkanes of at least 4 members (excludes halogenated alkanes) is 24. The van der Waals surface area contributed by atoms with Gasteiger partial charge in [0.15, 0.2) is 6.10 Å². The van der Waals surface area contributed by atoms with Gasteiger partial charge in [-0.3, -0.25) is 18.9 Å². The molecule has 4 N–H and O–H groups in total. The van der Waals surface area contributed by atoms with Gasteiger partial charge in [-0.05, 0) is 96.3 Å². The molecule has 410 valence electrons. The van der Waals surface area contributed by atoms with Crippen molar-refractivity contribution in [2.24, 2.45) is 0 Å². The van der Waals surface area contributed by atoms with Crippen molar-refractivity contribution in [2.75, 3.05) is 13.2 Å². The third kappa shape index (κ3) is 50.6. The van der Waals surface area contributed by atoms with Gasteiger partial charge < -0.3 is 34.2 Å². The van der Waals surface area contributed by atoms with Crippen LogP contribution in [-0.4, -0.2) is 75.5 Å². The smallest absolute Gasteiger partial charge is 0.462 e. The molecule has 70 heavy (non-hydrogen) atoms. The number of allylic oxidation sites excluding steroid dienone is 3. The van der Waals surface area contributed by atoms with Crippen LogP contribution in [0.1, 0.15) is 271 Å². The Labute approximate surface area is 427 Å². The Hall–Kier alpha value is -2.34. The summed E-state index contributed by atoms with van der Waals surface area (Å²) in [4.78, 5) is 56.7. The van der Waals surface area contributed by atoms with Gasteiger partial charge in [-0.15, -0.1) is 0 Å². The first kappa shape index (κ1) is 67.7. The Morgan fingerprint density at radius 3 is 1.16 bits per heavy atom. The second-order valence-electron chi connectivity index (χ2n) is 19.6. The lowest BCUT2D eigenvalue weighted by Crippen LogP contribution is -2.30. The lowest BCUT2D eigenvalue weighted by Gasteiger charge is -2.18. The fraction of sp³-hybridized carbons (Fsp3) is 0.842. The summed E-state index contributed by atoms with van der Waals surface area (Å²) < 4.78 is 33.1. The van der Waals surface area contributed by atoms with Crippen LogP contribution >= 0.6 is 7.82 Å². The van der Waals surface area contributed by atoms with Crippen molar-refractivity contribution >= 4 is 25.7 Å². The third-order valence-corrected chi connectivity index (χ3v) is 13.1. The SMILES string of the molecule is CCCCCCC(O)C/C=C\CCCCCCCC(=O)OCC(COC(=O)CCCCCCC/C=C\CC(CCCCCC)OP(=O)(O)O)OC(=O)CCCCCCC/C=C\CC(O)CCCCCC. The van der Waals surface area contributed by atoms with E-state index in [9.17, 15) is 38.9 Å². The highest BCUT2D eigenvalue weighted by molar-refractivity contribution is 7.46. The first-order valence-corrected chi connectivity index (χ1v) is 30.0. The topological polar surface area (TPSA) is 186 Å². The van der Waals surface area contributed by atoms with Crippen molar-refractivity contribution in [1.29, 1.82) is 0 Å². The van der Waals surface area contributed by atoms with E-state index in [0.717, 1.165) is 154 Å². The quantitative estimate of drug-likeness (QED) is 0.0149. The lowest BCUT2D eigenvalue weighted by atomic mass is 10.1. The number of ether oxygens (including phenoxy) is 3. The van der Waals surface area contributed by atoms with Crippen molar-refractivity contribution in [1.82, 2.24) is 0 Å². The molecule has 0 aliphatic carbocycles. The minimum atomic E-state index is -4.53. The molecular formula is C57H105O12P. The van der Waals surface area contributed by atoms with Gasteiger partial charge in [0, 0.05) is 19.3 Å². The number of esters is 3. The lowest BCUT2D eigenvalue weighted by molar-refractivity contribution is -0.167. The van der Waals surface area contributed by atoms with Gasteiger partial charge >= 0.3 is 25.7 Å². The Balaban J connectivity index is 4.64. The van der Waals surface area contributed by atoms with Crippen LogP contribution < -0.4 is 0 Å². The molecule has 0 heterocycles. The molecule has 12 nitrogen and oxygen atoms in total. The van der Waals surface area contributed by atoms with Crippen LogP contribution in [-0.2, 0) is 37.7 Å². The molecular weight excluding hydrogens is 908 g/mol. The Kier molecular flexibility index (Phi) is 48.5. The maximum absolute atomic E-state index is 12.9. The number of hydrogen-bond acceptors (Lipinski definition) is 10. The normalized spacial score (nSPS) is 13.9. The van der Waals surface area contributed by atoms with E-state index in [-0.39, 0.29) is 56.6 Å². The largest absolute Gasteiger partial charge is 0.469 e. The number of phosphoric acid groups is 1. The fourth-order valence-electron chi connectivity index (χ4n) is 8.23. The number of rotatable bonds is 52. The van der Waals surface area contributed by atoms with E-state index in [1.54, 1.807) is 0 Å². The molecule has 0 spiro atoms. The highest BCUT2D eigenvalue weighted by Gasteiger charge is 2.22. The predicted octanol–water partition coefficient (Wildman–Crippen LogP) is 15.1. The van der Waals surface area contributed by atoms with Gasteiger partial charge in [0.1, 0.15) is 13.2 Å². The Bertz CT molecular complexity index is 1350. The monoisotopic (exact) mass is 1010 g/mol. The number of phosphoric ester groups is 1. The van der Waals surface area contributed by atoms with Crippen LogP contribution in [0.4, 0.5) is 0 Å². The summed E-state index contributed by atoms with van der Waals surface area (Å²) in [6.07, 6.45) is 46.0. The molecule has 0 rings (SSSR count). The van der Waals surface area contributed by atoms with E-state index in [1.807, 2.05) is 12.2 Å². The Morgan fingerprint density at radius 2 is 0.757 bits per heavy atom. The van der Waals surface area contributed by atoms with Crippen molar-refractivity contribution in [3.8, 4) is 0 Å². The zero-order chi connectivity index (χ0) is 51.6. The second kappa shape index (κ2) is 50.2. The molecule has 0 aromatic heterocycles. The maximum atomic E-state index is 12.9. The van der Waals surface area contributed by atoms with Crippen LogP contribution in [0.2, 0.25) is 0 Å². The number of aliphatic hydroxyl groups excluding tert-OH is 2. The maximum Gasteiger partial charge on any atom is 0.469 e. The molecule has 0 aliphatic heterocycles. The predicted molar refractivity (Wildman–Crippen MR) is 285 cm³/mol. The van der Waals surface area contributed by atoms with Gasteiger partial charge in [-0.1, -0.05) is 192 Å². The number of aliphatic hydroxyl groups is 2. The summed E-state index contributed by atoms with van der Waals surface area (Å²) in [6, 6.07) is 0. The minimum absolute atomic E-state index is 0.161. The standard InChI is InChI=1S/C57H105O12P/c1-4-7-10-31-40-51(58)42-33-25-19-13-16-22-28-37-46-55(60)66-49-54(68-57(62)48-39-30-24-17-14-20-26-34-43-52(59)41-32-11-8-5-2)50-67-56(61)47-38-29-23-18-15-21-27-36-45-53(69-70(63,64)65)44-35-12-9-6-3/h25-27,33-34,36,51-54,58-59H,4-24,28-32,35,37-50H2,1-3H3,(H2,63,64,65)/b33-25-,34-26-,36-27-. The summed E-state index contributed by atoms with van der Waals surface area (Å²) >= 11 is 0. The van der Waals surface area contributed by atoms with Gasteiger partial charge in [0.05, 0.1) is 18.3 Å². The van der Waals surface area contributed by atoms with Crippen molar-refractivity contribution in [3.63, 3.8) is 0 Å². The molecule has 13 heteroatoms. The Morgan fingerprint density at radius 1 is 0.414 bits per heavy atom. The molecule has 0 aromatic rings. The van der Waals surface area contributed by atoms with Crippen LogP contribution in [0.15, 0.2) is 36.5 Å². The molecule has 0 radical (unpaired) electrons. The summed E-state index contributed by atoms with van der Waals surface area (Å²) in [7, 11) is -4.53. The number of hydrogen-bond donors (Lipinski definition) is 4. The minimum Gasteiger partial charge on any atom is -0.462 e. The van der Waals surface area contributed by atoms with Gasteiger partial charge in [-0.2, -0.15) is 0 Å². The van der Waals surface area contributed by atoms with Crippen LogP contribution in [0.5, 0.6) is 0 Å². The molecule has 0 amide bonds. The van der Waals surface area contributed by atoms with E-state index in [2.05, 4.69) is 45.1 Å². The average molecular weight is 1010 g/mol. The zero-order valence-electron chi connectivity index (χ0n) is 44.8. The van der Waals surface area contributed by atoms with E-state index >= 15 is 0 Å². The number of carbonyl (C=O) groups excluding carboxylic acids is 3. The highest BCUT2D eigenvalue weighted by atomic mass is 31.2. The summed E-state index contributed by atoms with van der Waals surface area (Å²) in [5.74, 6) is -1.13. The molecule has 0 fully saturated rings. The van der Waals surface area contributed by atoms with Crippen molar-refractivity contribution in [2.45, 2.75) is 296 Å². The first-order valence-electron chi connectivity index (χ1n) is 28.5. The third-order valence-electron chi connectivity index (χ3n) is 12.6. The van der Waals surface area contributed by atoms with Crippen LogP contribution in [0.25, 0.3) is 0 Å². The number of carbonyl (C=O) groups is 3.